The summed E-state index contributed by atoms with van der Waals surface area (Å²) in [6.07, 6.45) is 4.28. The molecule has 4 heteroatoms. The highest BCUT2D eigenvalue weighted by atomic mass is 16.5. The lowest BCUT2D eigenvalue weighted by molar-refractivity contribution is 0.242. The quantitative estimate of drug-likeness (QED) is 0.740. The summed E-state index contributed by atoms with van der Waals surface area (Å²) in [6, 6.07) is 1.90. The summed E-state index contributed by atoms with van der Waals surface area (Å²) in [5.74, 6) is 2.96. The lowest BCUT2D eigenvalue weighted by Crippen LogP contribution is -2.11. The maximum Gasteiger partial charge on any atom is 0.218 e. The van der Waals surface area contributed by atoms with Crippen LogP contribution in [0.4, 0.5) is 5.82 Å². The average molecular weight is 265 g/mol. The maximum atomic E-state index is 5.79. The lowest BCUT2D eigenvalue weighted by atomic mass is 10.1. The first-order chi connectivity index (χ1) is 9.19. The van der Waals surface area contributed by atoms with E-state index < -0.39 is 0 Å². The zero-order chi connectivity index (χ0) is 14.1. The molecule has 1 unspecified atom stereocenters. The van der Waals surface area contributed by atoms with Gasteiger partial charge in [-0.15, -0.1) is 0 Å². The molecule has 4 nitrogen and oxygen atoms in total. The van der Waals surface area contributed by atoms with Crippen molar-refractivity contribution in [3.8, 4) is 5.88 Å². The van der Waals surface area contributed by atoms with Gasteiger partial charge in [-0.3, -0.25) is 0 Å². The molecule has 1 N–H and O–H groups in total. The van der Waals surface area contributed by atoms with Gasteiger partial charge in [-0.05, 0) is 18.8 Å². The molecule has 0 spiro atoms. The second-order valence-electron chi connectivity index (χ2n) is 4.99. The van der Waals surface area contributed by atoms with Gasteiger partial charge in [0.2, 0.25) is 5.88 Å². The number of hydrogen-bond acceptors (Lipinski definition) is 4. The number of hydrogen-bond donors (Lipinski definition) is 1. The second kappa shape index (κ2) is 8.73. The van der Waals surface area contributed by atoms with E-state index in [4.69, 9.17) is 4.74 Å². The van der Waals surface area contributed by atoms with Crippen molar-refractivity contribution in [2.45, 2.75) is 53.4 Å². The third kappa shape index (κ3) is 5.90. The van der Waals surface area contributed by atoms with Gasteiger partial charge in [-0.2, -0.15) is 4.98 Å². The molecule has 0 radical (unpaired) electrons. The predicted molar refractivity (Wildman–Crippen MR) is 79.8 cm³/mol. The summed E-state index contributed by atoms with van der Waals surface area (Å²) in [5.41, 5.74) is 0. The van der Waals surface area contributed by atoms with Crippen LogP contribution in [0.1, 0.15) is 52.8 Å². The van der Waals surface area contributed by atoms with Crippen molar-refractivity contribution >= 4 is 5.82 Å². The van der Waals surface area contributed by atoms with Crippen molar-refractivity contribution < 1.29 is 4.74 Å². The molecule has 0 aliphatic carbocycles. The van der Waals surface area contributed by atoms with Crippen LogP contribution in [-0.4, -0.2) is 23.1 Å². The summed E-state index contributed by atoms with van der Waals surface area (Å²) >= 11 is 0. The van der Waals surface area contributed by atoms with Crippen molar-refractivity contribution in [2.24, 2.45) is 5.92 Å². The van der Waals surface area contributed by atoms with Gasteiger partial charge in [-0.25, -0.2) is 4.98 Å². The van der Waals surface area contributed by atoms with Crippen LogP contribution >= 0.6 is 0 Å². The average Bonchev–Trinajstić information content (AvgIpc) is 2.43. The first kappa shape index (κ1) is 15.7. The van der Waals surface area contributed by atoms with Gasteiger partial charge in [0.25, 0.3) is 0 Å². The number of nitrogens with one attached hydrogen (secondary N) is 1. The van der Waals surface area contributed by atoms with E-state index in [2.05, 4.69) is 43.0 Å². The van der Waals surface area contributed by atoms with Crippen LogP contribution in [0, 0.1) is 5.92 Å². The predicted octanol–water partition coefficient (Wildman–Crippen LogP) is 3.68. The van der Waals surface area contributed by atoms with E-state index in [9.17, 15) is 0 Å². The van der Waals surface area contributed by atoms with Gasteiger partial charge in [0.05, 0.1) is 6.61 Å². The van der Waals surface area contributed by atoms with E-state index in [-0.39, 0.29) is 0 Å². The van der Waals surface area contributed by atoms with Crippen LogP contribution in [0.5, 0.6) is 5.88 Å². The minimum absolute atomic E-state index is 0.567. The number of ether oxygens (including phenoxy) is 1. The molecule has 0 aliphatic rings. The Balaban J connectivity index is 2.65. The lowest BCUT2D eigenvalue weighted by Gasteiger charge is -2.13. The third-order valence-electron chi connectivity index (χ3n) is 2.92. The van der Waals surface area contributed by atoms with Gasteiger partial charge < -0.3 is 10.1 Å². The van der Waals surface area contributed by atoms with Crippen LogP contribution < -0.4 is 10.1 Å². The van der Waals surface area contributed by atoms with E-state index >= 15 is 0 Å². The molecule has 1 rings (SSSR count). The Morgan fingerprint density at radius 3 is 2.63 bits per heavy atom. The van der Waals surface area contributed by atoms with Crippen LogP contribution in [-0.2, 0) is 6.42 Å². The number of anilines is 1. The minimum atomic E-state index is 0.567. The largest absolute Gasteiger partial charge is 0.477 e. The molecular weight excluding hydrogens is 238 g/mol. The van der Waals surface area contributed by atoms with Crippen LogP contribution in [0.3, 0.4) is 0 Å². The maximum absolute atomic E-state index is 5.79. The molecule has 108 valence electrons. The summed E-state index contributed by atoms with van der Waals surface area (Å²) in [5, 5.41) is 3.29. The summed E-state index contributed by atoms with van der Waals surface area (Å²) in [7, 11) is 0. The standard InChI is InChI=1S/C15H27N3O/c1-5-8-12(4)11-19-15-10-14(16-9-6-2)17-13(7-3)18-15/h10,12H,5-9,11H2,1-4H3,(H,16,17,18). The normalized spacial score (nSPS) is 12.2. The van der Waals surface area contributed by atoms with Crippen molar-refractivity contribution in [1.82, 2.24) is 9.97 Å². The zero-order valence-corrected chi connectivity index (χ0v) is 12.7. The van der Waals surface area contributed by atoms with E-state index in [1.54, 1.807) is 0 Å². The molecule has 1 atom stereocenters. The van der Waals surface area contributed by atoms with Crippen molar-refractivity contribution in [2.75, 3.05) is 18.5 Å². The Labute approximate surface area is 117 Å². The molecule has 0 saturated heterocycles. The number of aromatic nitrogens is 2. The van der Waals surface area contributed by atoms with Gasteiger partial charge in [-0.1, -0.05) is 34.1 Å². The molecule has 1 aromatic rings. The Hall–Kier alpha value is -1.32. The highest BCUT2D eigenvalue weighted by molar-refractivity contribution is 5.38. The highest BCUT2D eigenvalue weighted by Gasteiger charge is 2.06. The van der Waals surface area contributed by atoms with Crippen LogP contribution in [0.2, 0.25) is 0 Å². The van der Waals surface area contributed by atoms with Gasteiger partial charge in [0.1, 0.15) is 11.6 Å². The van der Waals surface area contributed by atoms with E-state index in [0.717, 1.165) is 37.6 Å². The van der Waals surface area contributed by atoms with E-state index in [1.807, 2.05) is 6.07 Å². The first-order valence-electron chi connectivity index (χ1n) is 7.44. The smallest absolute Gasteiger partial charge is 0.218 e. The zero-order valence-electron chi connectivity index (χ0n) is 12.7. The molecule has 0 fully saturated rings. The van der Waals surface area contributed by atoms with Crippen molar-refractivity contribution in [3.05, 3.63) is 11.9 Å². The first-order valence-corrected chi connectivity index (χ1v) is 7.44. The van der Waals surface area contributed by atoms with Crippen LogP contribution in [0.15, 0.2) is 6.07 Å². The van der Waals surface area contributed by atoms with Gasteiger partial charge in [0.15, 0.2) is 0 Å². The Morgan fingerprint density at radius 2 is 2.00 bits per heavy atom. The molecular formula is C15H27N3O. The Kier molecular flexibility index (Phi) is 7.23. The van der Waals surface area contributed by atoms with Crippen molar-refractivity contribution in [1.29, 1.82) is 0 Å². The molecule has 0 bridgehead atoms. The highest BCUT2D eigenvalue weighted by Crippen LogP contribution is 2.16. The summed E-state index contributed by atoms with van der Waals surface area (Å²) in [4.78, 5) is 8.87. The number of aryl methyl sites for hydroxylation is 1. The number of rotatable bonds is 9. The fourth-order valence-corrected chi connectivity index (χ4v) is 1.85. The molecule has 0 amide bonds. The van der Waals surface area contributed by atoms with E-state index in [0.29, 0.717) is 11.8 Å². The summed E-state index contributed by atoms with van der Waals surface area (Å²) in [6.45, 7) is 10.2. The number of nitrogens with zero attached hydrogens (tertiary/aromatic N) is 2. The molecule has 19 heavy (non-hydrogen) atoms. The molecule has 0 aliphatic heterocycles. The van der Waals surface area contributed by atoms with Crippen LogP contribution in [0.25, 0.3) is 0 Å². The molecule has 0 aromatic carbocycles. The fraction of sp³-hybridized carbons (Fsp3) is 0.733. The molecule has 1 aromatic heterocycles. The van der Waals surface area contributed by atoms with Crippen molar-refractivity contribution in [3.63, 3.8) is 0 Å². The monoisotopic (exact) mass is 265 g/mol. The Bertz CT molecular complexity index is 368. The summed E-state index contributed by atoms with van der Waals surface area (Å²) < 4.78 is 5.79. The second-order valence-corrected chi connectivity index (χ2v) is 4.99. The third-order valence-corrected chi connectivity index (χ3v) is 2.92. The molecule has 0 saturated carbocycles. The van der Waals surface area contributed by atoms with Gasteiger partial charge in [0, 0.05) is 19.0 Å². The fourth-order valence-electron chi connectivity index (χ4n) is 1.85. The molecule has 1 heterocycles. The van der Waals surface area contributed by atoms with E-state index in [1.165, 1.54) is 12.8 Å². The minimum Gasteiger partial charge on any atom is -0.477 e. The Morgan fingerprint density at radius 1 is 1.21 bits per heavy atom. The SMILES string of the molecule is CCCNc1cc(OCC(C)CCC)nc(CC)n1. The topological polar surface area (TPSA) is 47.0 Å². The van der Waals surface area contributed by atoms with Gasteiger partial charge >= 0.3 is 0 Å².